The third-order valence-corrected chi connectivity index (χ3v) is 3.62. The van der Waals surface area contributed by atoms with Gasteiger partial charge in [0.25, 0.3) is 0 Å². The van der Waals surface area contributed by atoms with Crippen molar-refractivity contribution in [2.24, 2.45) is 0 Å². The summed E-state index contributed by atoms with van der Waals surface area (Å²) in [5.74, 6) is 0. The van der Waals surface area contributed by atoms with Crippen LogP contribution < -0.4 is 0 Å². The number of hydrogen-bond acceptors (Lipinski definition) is 2. The Bertz CT molecular complexity index is 654. The van der Waals surface area contributed by atoms with Gasteiger partial charge >= 0.3 is 0 Å². The summed E-state index contributed by atoms with van der Waals surface area (Å²) in [6.07, 6.45) is 1.73. The smallest absolute Gasteiger partial charge is 0.137 e. The lowest BCUT2D eigenvalue weighted by Crippen LogP contribution is -1.94. The Morgan fingerprint density at radius 3 is 2.26 bits per heavy atom. The van der Waals surface area contributed by atoms with Crippen molar-refractivity contribution in [3.63, 3.8) is 0 Å². The van der Waals surface area contributed by atoms with E-state index in [4.69, 9.17) is 51.7 Å². The summed E-state index contributed by atoms with van der Waals surface area (Å²) in [7, 11) is 0. The maximum absolute atomic E-state index is 8.86. The fourth-order valence-corrected chi connectivity index (χ4v) is 3.03. The summed E-state index contributed by atoms with van der Waals surface area (Å²) in [6.45, 7) is 0. The summed E-state index contributed by atoms with van der Waals surface area (Å²) in [4.78, 5) is 4.01. The number of pyridine rings is 1. The maximum Gasteiger partial charge on any atom is 0.137 e. The van der Waals surface area contributed by atoms with Crippen molar-refractivity contribution >= 4 is 46.4 Å². The van der Waals surface area contributed by atoms with Crippen LogP contribution in [-0.4, -0.2) is 4.98 Å². The second kappa shape index (κ2) is 5.98. The van der Waals surface area contributed by atoms with Crippen molar-refractivity contribution < 1.29 is 0 Å². The molecule has 1 aromatic heterocycles. The van der Waals surface area contributed by atoms with Crippen molar-refractivity contribution in [2.75, 3.05) is 0 Å². The van der Waals surface area contributed by atoms with Gasteiger partial charge in [-0.1, -0.05) is 46.4 Å². The van der Waals surface area contributed by atoms with Gasteiger partial charge in [0.05, 0.1) is 22.5 Å². The average Bonchev–Trinajstić information content (AvgIpc) is 2.31. The van der Waals surface area contributed by atoms with Crippen molar-refractivity contribution in [2.45, 2.75) is 6.42 Å². The molecule has 0 amide bonds. The van der Waals surface area contributed by atoms with E-state index in [9.17, 15) is 0 Å². The SMILES string of the molecule is N#CCc1ccnc(Cl)c1-c1c(Cl)cc(Cl)cc1Cl. The molecule has 0 unspecified atom stereocenters. The van der Waals surface area contributed by atoms with Gasteiger partial charge in [-0.05, 0) is 23.8 Å². The largest absolute Gasteiger partial charge is 0.244 e. The molecule has 0 saturated carbocycles. The molecule has 0 aliphatic heterocycles. The zero-order valence-corrected chi connectivity index (χ0v) is 12.4. The highest BCUT2D eigenvalue weighted by Crippen LogP contribution is 2.41. The van der Waals surface area contributed by atoms with Gasteiger partial charge in [-0.15, -0.1) is 0 Å². The molecule has 0 radical (unpaired) electrons. The Hall–Kier alpha value is -0.980. The second-order valence-corrected chi connectivity index (χ2v) is 5.32. The molecule has 0 fully saturated rings. The van der Waals surface area contributed by atoms with Crippen LogP contribution in [0.3, 0.4) is 0 Å². The zero-order valence-electron chi connectivity index (χ0n) is 9.42. The predicted octanol–water partition coefficient (Wildman–Crippen LogP) is 5.43. The minimum atomic E-state index is 0.187. The van der Waals surface area contributed by atoms with Crippen LogP contribution in [0.15, 0.2) is 24.4 Å². The summed E-state index contributed by atoms with van der Waals surface area (Å²) in [5.41, 5.74) is 1.82. The van der Waals surface area contributed by atoms with E-state index in [0.29, 0.717) is 31.8 Å². The minimum absolute atomic E-state index is 0.187. The van der Waals surface area contributed by atoms with Crippen LogP contribution in [0.25, 0.3) is 11.1 Å². The zero-order chi connectivity index (χ0) is 14.0. The van der Waals surface area contributed by atoms with Crippen molar-refractivity contribution in [3.05, 3.63) is 50.2 Å². The number of aromatic nitrogens is 1. The predicted molar refractivity (Wildman–Crippen MR) is 79.0 cm³/mol. The van der Waals surface area contributed by atoms with Crippen LogP contribution in [0.1, 0.15) is 5.56 Å². The first-order chi connectivity index (χ1) is 9.04. The number of benzene rings is 1. The highest BCUT2D eigenvalue weighted by molar-refractivity contribution is 6.43. The summed E-state index contributed by atoms with van der Waals surface area (Å²) in [6, 6.07) is 6.93. The molecule has 1 heterocycles. The Labute approximate surface area is 130 Å². The van der Waals surface area contributed by atoms with Gasteiger partial charge in [-0.3, -0.25) is 0 Å². The minimum Gasteiger partial charge on any atom is -0.244 e. The van der Waals surface area contributed by atoms with E-state index in [1.807, 2.05) is 0 Å². The second-order valence-electron chi connectivity index (χ2n) is 3.72. The van der Waals surface area contributed by atoms with Gasteiger partial charge < -0.3 is 0 Å². The fourth-order valence-electron chi connectivity index (χ4n) is 1.75. The molecule has 2 nitrogen and oxygen atoms in total. The van der Waals surface area contributed by atoms with Crippen LogP contribution in [0.2, 0.25) is 20.2 Å². The Kier molecular flexibility index (Phi) is 4.54. The molecule has 19 heavy (non-hydrogen) atoms. The molecule has 0 aliphatic carbocycles. The fraction of sp³-hybridized carbons (Fsp3) is 0.0769. The Balaban J connectivity index is 2.76. The van der Waals surface area contributed by atoms with E-state index in [2.05, 4.69) is 11.1 Å². The van der Waals surface area contributed by atoms with Crippen LogP contribution in [-0.2, 0) is 6.42 Å². The molecule has 96 valence electrons. The molecule has 1 aromatic carbocycles. The van der Waals surface area contributed by atoms with Crippen molar-refractivity contribution in [3.8, 4) is 17.2 Å². The van der Waals surface area contributed by atoms with Crippen LogP contribution in [0.5, 0.6) is 0 Å². The third-order valence-electron chi connectivity index (χ3n) is 2.52. The van der Waals surface area contributed by atoms with Crippen LogP contribution >= 0.6 is 46.4 Å². The van der Waals surface area contributed by atoms with Gasteiger partial charge in [0.2, 0.25) is 0 Å². The van der Waals surface area contributed by atoms with Crippen molar-refractivity contribution in [1.29, 1.82) is 5.26 Å². The van der Waals surface area contributed by atoms with E-state index in [0.717, 1.165) is 0 Å². The lowest BCUT2D eigenvalue weighted by atomic mass is 10.00. The van der Waals surface area contributed by atoms with Gasteiger partial charge in [0, 0.05) is 22.3 Å². The molecular formula is C13H6Cl4N2. The first kappa shape index (κ1) is 14.4. The molecule has 0 bridgehead atoms. The maximum atomic E-state index is 8.86. The summed E-state index contributed by atoms with van der Waals surface area (Å²) < 4.78 is 0. The number of rotatable bonds is 2. The van der Waals surface area contributed by atoms with Crippen molar-refractivity contribution in [1.82, 2.24) is 4.98 Å². The summed E-state index contributed by atoms with van der Waals surface area (Å²) >= 11 is 24.3. The topological polar surface area (TPSA) is 36.7 Å². The molecule has 2 aromatic rings. The monoisotopic (exact) mass is 330 g/mol. The molecule has 2 rings (SSSR count). The van der Waals surface area contributed by atoms with E-state index in [1.165, 1.54) is 6.20 Å². The highest BCUT2D eigenvalue weighted by Gasteiger charge is 2.17. The summed E-state index contributed by atoms with van der Waals surface area (Å²) in [5, 5.41) is 10.3. The molecule has 0 N–H and O–H groups in total. The molecular weight excluding hydrogens is 326 g/mol. The van der Waals surface area contributed by atoms with Gasteiger partial charge in [0.1, 0.15) is 5.15 Å². The van der Waals surface area contributed by atoms with Gasteiger partial charge in [-0.2, -0.15) is 5.26 Å². The van der Waals surface area contributed by atoms with Gasteiger partial charge in [0.15, 0.2) is 0 Å². The number of nitrogens with zero attached hydrogens (tertiary/aromatic N) is 2. The van der Waals surface area contributed by atoms with E-state index >= 15 is 0 Å². The first-order valence-electron chi connectivity index (χ1n) is 5.20. The lowest BCUT2D eigenvalue weighted by Gasteiger charge is -2.12. The average molecular weight is 332 g/mol. The molecule has 6 heteroatoms. The van der Waals surface area contributed by atoms with Gasteiger partial charge in [-0.25, -0.2) is 4.98 Å². The number of nitriles is 1. The molecule has 0 saturated heterocycles. The molecule has 0 spiro atoms. The molecule has 0 aliphatic rings. The highest BCUT2D eigenvalue weighted by atomic mass is 35.5. The standard InChI is InChI=1S/C13H6Cl4N2/c14-8-5-9(15)12(10(16)6-8)11-7(1-3-18)2-4-19-13(11)17/h2,4-6H,1H2. The number of halogens is 4. The first-order valence-corrected chi connectivity index (χ1v) is 6.71. The number of hydrogen-bond donors (Lipinski definition) is 0. The van der Waals surface area contributed by atoms with Crippen LogP contribution in [0, 0.1) is 11.3 Å². The lowest BCUT2D eigenvalue weighted by molar-refractivity contribution is 1.21. The quantitative estimate of drug-likeness (QED) is 0.688. The van der Waals surface area contributed by atoms with E-state index < -0.39 is 0 Å². The molecule has 0 atom stereocenters. The third kappa shape index (κ3) is 2.96. The Morgan fingerprint density at radius 2 is 1.68 bits per heavy atom. The Morgan fingerprint density at radius 1 is 1.05 bits per heavy atom. The van der Waals surface area contributed by atoms with Crippen LogP contribution in [0.4, 0.5) is 0 Å². The van der Waals surface area contributed by atoms with E-state index in [1.54, 1.807) is 18.2 Å². The van der Waals surface area contributed by atoms with E-state index in [-0.39, 0.29) is 11.6 Å². The normalized spacial score (nSPS) is 10.3.